The van der Waals surface area contributed by atoms with Crippen LogP contribution in [0, 0.1) is 5.92 Å². The molecule has 1 saturated carbocycles. The van der Waals surface area contributed by atoms with E-state index in [1.807, 2.05) is 12.1 Å². The minimum absolute atomic E-state index is 0.0543. The Labute approximate surface area is 123 Å². The van der Waals surface area contributed by atoms with E-state index in [0.29, 0.717) is 16.1 Å². The molecular weight excluding hydrogens is 283 g/mol. The molecule has 3 nitrogen and oxygen atoms in total. The Balaban J connectivity index is 1.82. The van der Waals surface area contributed by atoms with Gasteiger partial charge in [0.15, 0.2) is 0 Å². The maximum absolute atomic E-state index is 11.1. The Kier molecular flexibility index (Phi) is 5.08. The topological polar surface area (TPSA) is 55.1 Å². The number of rotatable bonds is 4. The quantitative estimate of drug-likeness (QED) is 0.897. The van der Waals surface area contributed by atoms with E-state index in [1.54, 1.807) is 6.07 Å². The molecule has 1 aromatic carbocycles. The minimum atomic E-state index is -0.167. The lowest BCUT2D eigenvalue weighted by Gasteiger charge is -2.27. The van der Waals surface area contributed by atoms with Crippen molar-refractivity contribution in [1.29, 1.82) is 0 Å². The van der Waals surface area contributed by atoms with E-state index < -0.39 is 0 Å². The summed E-state index contributed by atoms with van der Waals surface area (Å²) in [4.78, 5) is 11.1. The van der Waals surface area contributed by atoms with Gasteiger partial charge < -0.3 is 11.1 Å². The molecule has 3 N–H and O–H groups in total. The molecule has 2 rings (SSSR count). The second-order valence-corrected chi connectivity index (χ2v) is 5.98. The molecule has 1 fully saturated rings. The van der Waals surface area contributed by atoms with Crippen LogP contribution in [0.5, 0.6) is 0 Å². The van der Waals surface area contributed by atoms with Gasteiger partial charge in [-0.2, -0.15) is 0 Å². The summed E-state index contributed by atoms with van der Waals surface area (Å²) in [5.74, 6) is -0.112. The predicted molar refractivity (Wildman–Crippen MR) is 78.2 cm³/mol. The van der Waals surface area contributed by atoms with Crippen molar-refractivity contribution in [3.8, 4) is 0 Å². The molecule has 0 spiro atoms. The number of amides is 1. The van der Waals surface area contributed by atoms with Crippen LogP contribution in [-0.4, -0.2) is 11.9 Å². The molecule has 1 aliphatic carbocycles. The third-order valence-electron chi connectivity index (χ3n) is 3.65. The molecule has 0 bridgehead atoms. The first kappa shape index (κ1) is 14.6. The normalized spacial score (nSPS) is 23.3. The molecule has 0 unspecified atom stereocenters. The number of hydrogen-bond acceptors (Lipinski definition) is 2. The van der Waals surface area contributed by atoms with Gasteiger partial charge in [0.1, 0.15) is 0 Å². The average molecular weight is 301 g/mol. The monoisotopic (exact) mass is 300 g/mol. The Morgan fingerprint density at radius 2 is 1.74 bits per heavy atom. The fourth-order valence-corrected chi connectivity index (χ4v) is 3.13. The molecule has 1 aromatic rings. The number of halogens is 2. The molecule has 0 radical (unpaired) electrons. The number of primary amides is 1. The zero-order chi connectivity index (χ0) is 13.8. The highest BCUT2D eigenvalue weighted by atomic mass is 35.5. The van der Waals surface area contributed by atoms with Crippen LogP contribution in [0.2, 0.25) is 10.0 Å². The Morgan fingerprint density at radius 1 is 1.16 bits per heavy atom. The van der Waals surface area contributed by atoms with Gasteiger partial charge in [-0.05, 0) is 49.4 Å². The Bertz CT molecular complexity index is 437. The first-order valence-corrected chi connectivity index (χ1v) is 7.28. The van der Waals surface area contributed by atoms with Crippen LogP contribution in [0.1, 0.15) is 31.2 Å². The minimum Gasteiger partial charge on any atom is -0.369 e. The fourth-order valence-electron chi connectivity index (χ4n) is 2.56. The number of nitrogens with two attached hydrogens (primary N) is 1. The second-order valence-electron chi connectivity index (χ2n) is 5.11. The van der Waals surface area contributed by atoms with E-state index in [4.69, 9.17) is 28.9 Å². The number of nitrogens with one attached hydrogen (secondary N) is 1. The summed E-state index contributed by atoms with van der Waals surface area (Å²) >= 11 is 11.9. The van der Waals surface area contributed by atoms with Gasteiger partial charge in [-0.15, -0.1) is 0 Å². The summed E-state index contributed by atoms with van der Waals surface area (Å²) in [6.07, 6.45) is 3.73. The number of carbonyl (C=O) groups excluding carboxylic acids is 1. The first-order chi connectivity index (χ1) is 9.04. The highest BCUT2D eigenvalue weighted by molar-refractivity contribution is 6.34. The van der Waals surface area contributed by atoms with Gasteiger partial charge in [-0.25, -0.2) is 0 Å². The summed E-state index contributed by atoms with van der Waals surface area (Å²) in [5.41, 5.74) is 6.40. The Morgan fingerprint density at radius 3 is 2.26 bits per heavy atom. The molecule has 0 heterocycles. The molecule has 1 amide bonds. The standard InChI is InChI=1S/C14H18Cl2N2O/c15-11-5-9(6-12(16)7-11)8-18-13-3-1-10(2-4-13)14(17)19/h5-7,10,13,18H,1-4,8H2,(H2,17,19). The van der Waals surface area contributed by atoms with Crippen molar-refractivity contribution in [2.24, 2.45) is 11.7 Å². The van der Waals surface area contributed by atoms with Crippen LogP contribution < -0.4 is 11.1 Å². The van der Waals surface area contributed by atoms with E-state index in [1.165, 1.54) is 0 Å². The van der Waals surface area contributed by atoms with Crippen LogP contribution in [0.15, 0.2) is 18.2 Å². The summed E-state index contributed by atoms with van der Waals surface area (Å²) < 4.78 is 0. The zero-order valence-electron chi connectivity index (χ0n) is 10.7. The van der Waals surface area contributed by atoms with Crippen molar-refractivity contribution < 1.29 is 4.79 Å². The van der Waals surface area contributed by atoms with E-state index in [9.17, 15) is 4.79 Å². The van der Waals surface area contributed by atoms with Crippen molar-refractivity contribution >= 4 is 29.1 Å². The number of benzene rings is 1. The number of hydrogen-bond donors (Lipinski definition) is 2. The van der Waals surface area contributed by atoms with E-state index in [-0.39, 0.29) is 11.8 Å². The second kappa shape index (κ2) is 6.60. The van der Waals surface area contributed by atoms with Gasteiger partial charge in [-0.1, -0.05) is 23.2 Å². The van der Waals surface area contributed by atoms with Crippen LogP contribution >= 0.6 is 23.2 Å². The molecular formula is C14H18Cl2N2O. The van der Waals surface area contributed by atoms with Gasteiger partial charge in [0.25, 0.3) is 0 Å². The third-order valence-corrected chi connectivity index (χ3v) is 4.08. The zero-order valence-corrected chi connectivity index (χ0v) is 12.2. The highest BCUT2D eigenvalue weighted by Gasteiger charge is 2.24. The maximum Gasteiger partial charge on any atom is 0.220 e. The molecule has 5 heteroatoms. The van der Waals surface area contributed by atoms with Crippen molar-refractivity contribution in [3.63, 3.8) is 0 Å². The molecule has 0 aliphatic heterocycles. The van der Waals surface area contributed by atoms with Crippen LogP contribution in [-0.2, 0) is 11.3 Å². The van der Waals surface area contributed by atoms with Gasteiger partial charge >= 0.3 is 0 Å². The maximum atomic E-state index is 11.1. The molecule has 104 valence electrons. The van der Waals surface area contributed by atoms with Gasteiger partial charge in [0.05, 0.1) is 0 Å². The van der Waals surface area contributed by atoms with E-state index in [2.05, 4.69) is 5.32 Å². The fraction of sp³-hybridized carbons (Fsp3) is 0.500. The van der Waals surface area contributed by atoms with E-state index in [0.717, 1.165) is 37.8 Å². The summed E-state index contributed by atoms with van der Waals surface area (Å²) in [6, 6.07) is 5.99. The molecule has 0 aromatic heterocycles. The van der Waals surface area contributed by atoms with Crippen LogP contribution in [0.3, 0.4) is 0 Å². The van der Waals surface area contributed by atoms with Gasteiger partial charge in [0.2, 0.25) is 5.91 Å². The highest BCUT2D eigenvalue weighted by Crippen LogP contribution is 2.24. The average Bonchev–Trinajstić information content (AvgIpc) is 2.36. The molecule has 1 aliphatic rings. The lowest BCUT2D eigenvalue weighted by Crippen LogP contribution is -2.36. The summed E-state index contributed by atoms with van der Waals surface area (Å²) in [5, 5.41) is 4.79. The Hall–Kier alpha value is -0.770. The molecule has 19 heavy (non-hydrogen) atoms. The predicted octanol–water partition coefficient (Wildman–Crippen LogP) is 3.13. The largest absolute Gasteiger partial charge is 0.369 e. The number of carbonyl (C=O) groups is 1. The van der Waals surface area contributed by atoms with Crippen molar-refractivity contribution in [2.45, 2.75) is 38.3 Å². The molecule has 0 atom stereocenters. The third kappa shape index (κ3) is 4.37. The van der Waals surface area contributed by atoms with Crippen LogP contribution in [0.4, 0.5) is 0 Å². The SMILES string of the molecule is NC(=O)C1CCC(NCc2cc(Cl)cc(Cl)c2)CC1. The van der Waals surface area contributed by atoms with Gasteiger partial charge in [0, 0.05) is 28.5 Å². The lowest BCUT2D eigenvalue weighted by atomic mass is 9.85. The van der Waals surface area contributed by atoms with Crippen molar-refractivity contribution in [1.82, 2.24) is 5.32 Å². The van der Waals surface area contributed by atoms with Gasteiger partial charge in [-0.3, -0.25) is 4.79 Å². The summed E-state index contributed by atoms with van der Waals surface area (Å²) in [6.45, 7) is 0.742. The van der Waals surface area contributed by atoms with Crippen LogP contribution in [0.25, 0.3) is 0 Å². The first-order valence-electron chi connectivity index (χ1n) is 6.52. The van der Waals surface area contributed by atoms with E-state index >= 15 is 0 Å². The lowest BCUT2D eigenvalue weighted by molar-refractivity contribution is -0.122. The van der Waals surface area contributed by atoms with Crippen molar-refractivity contribution in [2.75, 3.05) is 0 Å². The smallest absolute Gasteiger partial charge is 0.220 e. The van der Waals surface area contributed by atoms with Crippen molar-refractivity contribution in [3.05, 3.63) is 33.8 Å². The summed E-state index contributed by atoms with van der Waals surface area (Å²) in [7, 11) is 0. The molecule has 0 saturated heterocycles.